The van der Waals surface area contributed by atoms with Gasteiger partial charge in [-0.2, -0.15) is 5.10 Å². The van der Waals surface area contributed by atoms with Gasteiger partial charge in [0.05, 0.1) is 25.4 Å². The zero-order valence-electron chi connectivity index (χ0n) is 16.6. The minimum absolute atomic E-state index is 0.135. The van der Waals surface area contributed by atoms with Crippen molar-refractivity contribution in [1.82, 2.24) is 15.2 Å². The van der Waals surface area contributed by atoms with Crippen molar-refractivity contribution in [3.63, 3.8) is 0 Å². The van der Waals surface area contributed by atoms with Gasteiger partial charge in [0.25, 0.3) is 5.91 Å². The van der Waals surface area contributed by atoms with Crippen molar-refractivity contribution >= 4 is 18.1 Å². The Kier molecular flexibility index (Phi) is 7.49. The standard InChI is InChI=1S/C22H26N4O3/c1-29-22(28)20-9-7-18(8-10-20)15-23-24-21(27)17-26-13-11-25(12-14-26)16-19-5-3-2-4-6-19/h2-10,15H,11-14,16-17H2,1H3,(H,24,27). The first-order valence-corrected chi connectivity index (χ1v) is 9.63. The molecule has 1 heterocycles. The molecule has 1 amide bonds. The number of benzene rings is 2. The molecule has 1 aliphatic rings. The fourth-order valence-corrected chi connectivity index (χ4v) is 3.19. The largest absolute Gasteiger partial charge is 0.465 e. The molecule has 1 aliphatic heterocycles. The molecule has 152 valence electrons. The second kappa shape index (κ2) is 10.5. The SMILES string of the molecule is COC(=O)c1ccc(C=NNC(=O)CN2CCN(Cc3ccccc3)CC2)cc1. The molecule has 7 nitrogen and oxygen atoms in total. The van der Waals surface area contributed by atoms with Crippen LogP contribution in [0.3, 0.4) is 0 Å². The quantitative estimate of drug-likeness (QED) is 0.440. The van der Waals surface area contributed by atoms with Gasteiger partial charge < -0.3 is 4.74 Å². The van der Waals surface area contributed by atoms with Gasteiger partial charge in [-0.25, -0.2) is 10.2 Å². The minimum atomic E-state index is -0.384. The average molecular weight is 394 g/mol. The lowest BCUT2D eigenvalue weighted by atomic mass is 10.1. The topological polar surface area (TPSA) is 74.2 Å². The maximum absolute atomic E-state index is 12.1. The van der Waals surface area contributed by atoms with E-state index in [1.54, 1.807) is 30.5 Å². The molecule has 3 rings (SSSR count). The number of rotatable bonds is 7. The molecule has 0 radical (unpaired) electrons. The summed E-state index contributed by atoms with van der Waals surface area (Å²) >= 11 is 0. The Balaban J connectivity index is 1.38. The Bertz CT molecular complexity index is 829. The molecule has 0 atom stereocenters. The molecule has 1 saturated heterocycles. The predicted octanol–water partition coefficient (Wildman–Crippen LogP) is 1.74. The first-order chi connectivity index (χ1) is 14.1. The maximum atomic E-state index is 12.1. The van der Waals surface area contributed by atoms with Crippen LogP contribution in [0.1, 0.15) is 21.5 Å². The summed E-state index contributed by atoms with van der Waals surface area (Å²) in [4.78, 5) is 28.1. The summed E-state index contributed by atoms with van der Waals surface area (Å²) < 4.78 is 4.66. The van der Waals surface area contributed by atoms with Crippen molar-refractivity contribution in [1.29, 1.82) is 0 Å². The highest BCUT2D eigenvalue weighted by molar-refractivity contribution is 5.90. The van der Waals surface area contributed by atoms with Crippen LogP contribution in [0.25, 0.3) is 0 Å². The number of nitrogens with one attached hydrogen (secondary N) is 1. The number of amides is 1. The molecule has 1 fully saturated rings. The summed E-state index contributed by atoms with van der Waals surface area (Å²) in [5, 5.41) is 3.99. The zero-order valence-corrected chi connectivity index (χ0v) is 16.6. The van der Waals surface area contributed by atoms with Gasteiger partial charge in [0.1, 0.15) is 0 Å². The molecule has 0 saturated carbocycles. The van der Waals surface area contributed by atoms with Crippen molar-refractivity contribution in [3.8, 4) is 0 Å². The van der Waals surface area contributed by atoms with E-state index in [2.05, 4.69) is 49.3 Å². The highest BCUT2D eigenvalue weighted by Crippen LogP contribution is 2.08. The minimum Gasteiger partial charge on any atom is -0.465 e. The molecule has 1 N–H and O–H groups in total. The summed E-state index contributed by atoms with van der Waals surface area (Å²) in [5.74, 6) is -0.519. The fraction of sp³-hybridized carbons (Fsp3) is 0.318. The van der Waals surface area contributed by atoms with Crippen molar-refractivity contribution in [2.75, 3.05) is 39.8 Å². The molecule has 0 spiro atoms. The number of esters is 1. The number of hydrogen-bond acceptors (Lipinski definition) is 6. The molecule has 7 heteroatoms. The molecule has 0 aliphatic carbocycles. The molecular formula is C22H26N4O3. The lowest BCUT2D eigenvalue weighted by Gasteiger charge is -2.34. The van der Waals surface area contributed by atoms with Crippen molar-refractivity contribution in [2.24, 2.45) is 5.10 Å². The summed E-state index contributed by atoms with van der Waals surface area (Å²) in [6, 6.07) is 17.2. The van der Waals surface area contributed by atoms with Crippen LogP contribution < -0.4 is 5.43 Å². The predicted molar refractivity (Wildman–Crippen MR) is 112 cm³/mol. The smallest absolute Gasteiger partial charge is 0.337 e. The number of nitrogens with zero attached hydrogens (tertiary/aromatic N) is 3. The molecule has 0 aromatic heterocycles. The van der Waals surface area contributed by atoms with Gasteiger partial charge in [0.2, 0.25) is 0 Å². The van der Waals surface area contributed by atoms with Gasteiger partial charge in [-0.3, -0.25) is 14.6 Å². The number of hydrogen-bond donors (Lipinski definition) is 1. The van der Waals surface area contributed by atoms with Crippen LogP contribution in [0.2, 0.25) is 0 Å². The van der Waals surface area contributed by atoms with E-state index in [0.29, 0.717) is 12.1 Å². The van der Waals surface area contributed by atoms with Crippen molar-refractivity contribution in [2.45, 2.75) is 6.54 Å². The van der Waals surface area contributed by atoms with Crippen LogP contribution in [0.15, 0.2) is 59.7 Å². The third-order valence-corrected chi connectivity index (χ3v) is 4.82. The third-order valence-electron chi connectivity index (χ3n) is 4.82. The molecule has 2 aromatic rings. The number of ether oxygens (including phenoxy) is 1. The van der Waals surface area contributed by atoms with Crippen LogP contribution in [-0.2, 0) is 16.1 Å². The van der Waals surface area contributed by atoms with E-state index < -0.39 is 0 Å². The number of carbonyl (C=O) groups excluding carboxylic acids is 2. The van der Waals surface area contributed by atoms with Gasteiger partial charge in [0.15, 0.2) is 0 Å². The highest BCUT2D eigenvalue weighted by atomic mass is 16.5. The second-order valence-electron chi connectivity index (χ2n) is 6.94. The Morgan fingerprint density at radius 2 is 1.66 bits per heavy atom. The van der Waals surface area contributed by atoms with Crippen LogP contribution in [-0.4, -0.2) is 67.7 Å². The van der Waals surface area contributed by atoms with E-state index in [4.69, 9.17) is 0 Å². The number of methoxy groups -OCH3 is 1. The number of carbonyl (C=O) groups is 2. The summed E-state index contributed by atoms with van der Waals surface area (Å²) in [5.41, 5.74) is 5.13. The van der Waals surface area contributed by atoms with Gasteiger partial charge in [-0.1, -0.05) is 42.5 Å². The molecule has 2 aromatic carbocycles. The average Bonchev–Trinajstić information content (AvgIpc) is 2.76. The van der Waals surface area contributed by atoms with Crippen LogP contribution in [0.4, 0.5) is 0 Å². The third kappa shape index (κ3) is 6.51. The monoisotopic (exact) mass is 394 g/mol. The van der Waals surface area contributed by atoms with Crippen molar-refractivity contribution < 1.29 is 14.3 Å². The van der Waals surface area contributed by atoms with Crippen molar-refractivity contribution in [3.05, 3.63) is 71.3 Å². The van der Waals surface area contributed by atoms with Crippen LogP contribution in [0, 0.1) is 0 Å². The van der Waals surface area contributed by atoms with Gasteiger partial charge in [-0.05, 0) is 23.3 Å². The Morgan fingerprint density at radius 1 is 1.00 bits per heavy atom. The highest BCUT2D eigenvalue weighted by Gasteiger charge is 2.18. The molecule has 0 bridgehead atoms. The van der Waals surface area contributed by atoms with E-state index in [1.165, 1.54) is 12.7 Å². The van der Waals surface area contributed by atoms with E-state index in [9.17, 15) is 9.59 Å². The Labute approximate surface area is 171 Å². The molecule has 0 unspecified atom stereocenters. The first-order valence-electron chi connectivity index (χ1n) is 9.63. The zero-order chi connectivity index (χ0) is 20.5. The number of piperazine rings is 1. The lowest BCUT2D eigenvalue weighted by Crippen LogP contribution is -2.48. The maximum Gasteiger partial charge on any atom is 0.337 e. The van der Waals surface area contributed by atoms with Gasteiger partial charge in [-0.15, -0.1) is 0 Å². The van der Waals surface area contributed by atoms with E-state index in [0.717, 1.165) is 38.3 Å². The van der Waals surface area contributed by atoms with Crippen LogP contribution in [0.5, 0.6) is 0 Å². The Hall–Kier alpha value is -3.03. The second-order valence-corrected chi connectivity index (χ2v) is 6.94. The molecule has 29 heavy (non-hydrogen) atoms. The first kappa shape index (κ1) is 20.7. The fourth-order valence-electron chi connectivity index (χ4n) is 3.19. The summed E-state index contributed by atoms with van der Waals surface area (Å²) in [6.45, 7) is 4.88. The Morgan fingerprint density at radius 3 is 2.31 bits per heavy atom. The van der Waals surface area contributed by atoms with E-state index in [1.807, 2.05) is 6.07 Å². The summed E-state index contributed by atoms with van der Waals surface area (Å²) in [7, 11) is 1.34. The lowest BCUT2D eigenvalue weighted by molar-refractivity contribution is -0.122. The van der Waals surface area contributed by atoms with E-state index >= 15 is 0 Å². The summed E-state index contributed by atoms with van der Waals surface area (Å²) in [6.07, 6.45) is 1.55. The van der Waals surface area contributed by atoms with Gasteiger partial charge in [0, 0.05) is 32.7 Å². The van der Waals surface area contributed by atoms with E-state index in [-0.39, 0.29) is 11.9 Å². The normalized spacial score (nSPS) is 15.3. The number of hydrazone groups is 1. The van der Waals surface area contributed by atoms with Crippen LogP contribution >= 0.6 is 0 Å². The van der Waals surface area contributed by atoms with Gasteiger partial charge >= 0.3 is 5.97 Å². The molecular weight excluding hydrogens is 368 g/mol.